The molecule has 1 aromatic heterocycles. The van der Waals surface area contributed by atoms with Crippen LogP contribution in [0.5, 0.6) is 0 Å². The predicted molar refractivity (Wildman–Crippen MR) is 102 cm³/mol. The van der Waals surface area contributed by atoms with Crippen molar-refractivity contribution in [2.24, 2.45) is 17.8 Å². The molecule has 0 radical (unpaired) electrons. The van der Waals surface area contributed by atoms with Gasteiger partial charge in [-0.15, -0.1) is 0 Å². The number of nitrogens with two attached hydrogens (primary N) is 1. The second-order valence-electron chi connectivity index (χ2n) is 9.18. The van der Waals surface area contributed by atoms with Crippen molar-refractivity contribution in [3.63, 3.8) is 0 Å². The Hall–Kier alpha value is -1.52. The fraction of sp³-hybridized carbons (Fsp3) is 0.800. The maximum Gasteiger partial charge on any atom is 0.157 e. The maximum absolute atomic E-state index is 6.57. The van der Waals surface area contributed by atoms with Crippen LogP contribution in [0.15, 0.2) is 6.33 Å². The molecule has 0 unspecified atom stereocenters. The van der Waals surface area contributed by atoms with E-state index in [-0.39, 0.29) is 5.54 Å². The second-order valence-corrected chi connectivity index (χ2v) is 9.18. The summed E-state index contributed by atoms with van der Waals surface area (Å²) in [6.45, 7) is 2.13. The normalized spacial score (nSPS) is 37.1. The maximum atomic E-state index is 6.57. The van der Waals surface area contributed by atoms with Crippen LogP contribution in [0.25, 0.3) is 0 Å². The van der Waals surface area contributed by atoms with Crippen molar-refractivity contribution in [1.29, 1.82) is 0 Å². The van der Waals surface area contributed by atoms with Gasteiger partial charge in [0, 0.05) is 18.6 Å². The van der Waals surface area contributed by atoms with E-state index < -0.39 is 0 Å². The largest absolute Gasteiger partial charge is 0.393 e. The summed E-state index contributed by atoms with van der Waals surface area (Å²) in [6.07, 6.45) is 15.1. The standard InChI is InChI=1S/C20H31N5/c21-17-18(22-13-23-19(17)25-5-3-1-2-4-6-25)24-20-10-14-7-15(11-20)9-16(8-14)12-20/h13-16H,1-12,21H2,(H,22,23,24). The van der Waals surface area contributed by atoms with Crippen molar-refractivity contribution in [3.05, 3.63) is 6.33 Å². The summed E-state index contributed by atoms with van der Waals surface area (Å²) in [7, 11) is 0. The molecule has 1 saturated heterocycles. The highest BCUT2D eigenvalue weighted by Crippen LogP contribution is 2.56. The minimum Gasteiger partial charge on any atom is -0.393 e. The molecule has 5 nitrogen and oxygen atoms in total. The summed E-state index contributed by atoms with van der Waals surface area (Å²) >= 11 is 0. The molecule has 5 aliphatic rings. The van der Waals surface area contributed by atoms with Crippen LogP contribution in [0.3, 0.4) is 0 Å². The van der Waals surface area contributed by atoms with Crippen molar-refractivity contribution < 1.29 is 0 Å². The lowest BCUT2D eigenvalue weighted by Gasteiger charge is -2.57. The van der Waals surface area contributed by atoms with Gasteiger partial charge in [0.05, 0.1) is 0 Å². The van der Waals surface area contributed by atoms with E-state index in [4.69, 9.17) is 5.73 Å². The van der Waals surface area contributed by atoms with Crippen LogP contribution in [-0.2, 0) is 0 Å². The first-order valence-electron chi connectivity index (χ1n) is 10.3. The predicted octanol–water partition coefficient (Wildman–Crippen LogP) is 3.82. The zero-order chi connectivity index (χ0) is 16.9. The van der Waals surface area contributed by atoms with Gasteiger partial charge in [-0.1, -0.05) is 12.8 Å². The Labute approximate surface area is 150 Å². The Morgan fingerprint density at radius 2 is 1.52 bits per heavy atom. The highest BCUT2D eigenvalue weighted by molar-refractivity contribution is 5.75. The number of nitrogens with zero attached hydrogens (tertiary/aromatic N) is 3. The fourth-order valence-electron chi connectivity index (χ4n) is 6.54. The SMILES string of the molecule is Nc1c(NC23CC4CC(CC(C4)C2)C3)ncnc1N1CCCCCC1. The molecule has 2 heterocycles. The zero-order valence-electron chi connectivity index (χ0n) is 15.2. The molecule has 3 N–H and O–H groups in total. The van der Waals surface area contributed by atoms with Crippen LogP contribution in [-0.4, -0.2) is 28.6 Å². The Bertz CT molecular complexity index is 600. The van der Waals surface area contributed by atoms with Gasteiger partial charge in [0.2, 0.25) is 0 Å². The molecule has 136 valence electrons. The molecular weight excluding hydrogens is 310 g/mol. The summed E-state index contributed by atoms with van der Waals surface area (Å²) in [5.74, 6) is 4.60. The molecule has 0 spiro atoms. The monoisotopic (exact) mass is 341 g/mol. The number of rotatable bonds is 3. The third-order valence-electron chi connectivity index (χ3n) is 7.19. The van der Waals surface area contributed by atoms with E-state index in [0.717, 1.165) is 48.2 Å². The lowest BCUT2D eigenvalue weighted by Crippen LogP contribution is -2.55. The third-order valence-corrected chi connectivity index (χ3v) is 7.19. The summed E-state index contributed by atoms with van der Waals surface area (Å²) in [6, 6.07) is 0. The Kier molecular flexibility index (Phi) is 3.79. The number of aromatic nitrogens is 2. The lowest BCUT2D eigenvalue weighted by atomic mass is 9.53. The van der Waals surface area contributed by atoms with Crippen LogP contribution in [0.1, 0.15) is 64.2 Å². The first-order valence-corrected chi connectivity index (χ1v) is 10.3. The van der Waals surface area contributed by atoms with Gasteiger partial charge in [-0.25, -0.2) is 9.97 Å². The highest BCUT2D eigenvalue weighted by atomic mass is 15.2. The second kappa shape index (κ2) is 6.03. The van der Waals surface area contributed by atoms with Gasteiger partial charge in [0.15, 0.2) is 11.6 Å². The summed E-state index contributed by atoms with van der Waals surface area (Å²) < 4.78 is 0. The molecular formula is C20H31N5. The van der Waals surface area contributed by atoms with E-state index in [9.17, 15) is 0 Å². The van der Waals surface area contributed by atoms with Gasteiger partial charge in [0.25, 0.3) is 0 Å². The number of hydrogen-bond donors (Lipinski definition) is 2. The van der Waals surface area contributed by atoms with Gasteiger partial charge in [-0.2, -0.15) is 0 Å². The smallest absolute Gasteiger partial charge is 0.157 e. The first-order chi connectivity index (χ1) is 12.2. The van der Waals surface area contributed by atoms with Crippen LogP contribution in [0, 0.1) is 17.8 Å². The highest BCUT2D eigenvalue weighted by Gasteiger charge is 2.51. The molecule has 5 heteroatoms. The van der Waals surface area contributed by atoms with Crippen molar-refractivity contribution in [3.8, 4) is 0 Å². The van der Waals surface area contributed by atoms with Crippen molar-refractivity contribution in [2.75, 3.05) is 29.0 Å². The van der Waals surface area contributed by atoms with E-state index in [1.807, 2.05) is 0 Å². The quantitative estimate of drug-likeness (QED) is 0.875. The minimum absolute atomic E-state index is 0.243. The van der Waals surface area contributed by atoms with E-state index in [1.165, 1.54) is 64.2 Å². The van der Waals surface area contributed by atoms with Gasteiger partial charge < -0.3 is 16.0 Å². The first kappa shape index (κ1) is 15.7. The zero-order valence-corrected chi connectivity index (χ0v) is 15.2. The van der Waals surface area contributed by atoms with E-state index in [1.54, 1.807) is 6.33 Å². The van der Waals surface area contributed by atoms with Crippen LogP contribution >= 0.6 is 0 Å². The molecule has 4 aliphatic carbocycles. The molecule has 1 aromatic rings. The Morgan fingerprint density at radius 1 is 0.920 bits per heavy atom. The number of nitrogen functional groups attached to an aromatic ring is 1. The van der Waals surface area contributed by atoms with Crippen molar-refractivity contribution in [1.82, 2.24) is 9.97 Å². The molecule has 25 heavy (non-hydrogen) atoms. The minimum atomic E-state index is 0.243. The summed E-state index contributed by atoms with van der Waals surface area (Å²) in [4.78, 5) is 11.5. The third kappa shape index (κ3) is 2.85. The molecule has 1 aliphatic heterocycles. The average molecular weight is 342 g/mol. The number of anilines is 3. The molecule has 4 saturated carbocycles. The molecule has 0 atom stereocenters. The van der Waals surface area contributed by atoms with Gasteiger partial charge in [-0.05, 0) is 69.1 Å². The number of hydrogen-bond acceptors (Lipinski definition) is 5. The van der Waals surface area contributed by atoms with Crippen molar-refractivity contribution in [2.45, 2.75) is 69.7 Å². The van der Waals surface area contributed by atoms with Crippen LogP contribution in [0.4, 0.5) is 17.3 Å². The Morgan fingerprint density at radius 3 is 2.12 bits per heavy atom. The molecule has 0 aromatic carbocycles. The van der Waals surface area contributed by atoms with E-state index in [2.05, 4.69) is 20.2 Å². The van der Waals surface area contributed by atoms with E-state index in [0.29, 0.717) is 0 Å². The molecule has 6 rings (SSSR count). The van der Waals surface area contributed by atoms with Gasteiger partial charge in [-0.3, -0.25) is 0 Å². The molecule has 4 bridgehead atoms. The van der Waals surface area contributed by atoms with Gasteiger partial charge >= 0.3 is 0 Å². The summed E-state index contributed by atoms with van der Waals surface area (Å²) in [5.41, 5.74) is 7.57. The molecule has 5 fully saturated rings. The van der Waals surface area contributed by atoms with Gasteiger partial charge in [0.1, 0.15) is 12.0 Å². The number of nitrogens with one attached hydrogen (secondary N) is 1. The Balaban J connectivity index is 1.40. The van der Waals surface area contributed by atoms with E-state index >= 15 is 0 Å². The van der Waals surface area contributed by atoms with Crippen molar-refractivity contribution >= 4 is 17.3 Å². The molecule has 0 amide bonds. The van der Waals surface area contributed by atoms with Crippen LogP contribution < -0.4 is 16.0 Å². The summed E-state index contributed by atoms with van der Waals surface area (Å²) in [5, 5.41) is 3.85. The topological polar surface area (TPSA) is 67.1 Å². The average Bonchev–Trinajstić information content (AvgIpc) is 2.84. The lowest BCUT2D eigenvalue weighted by molar-refractivity contribution is 0.0106. The fourth-order valence-corrected chi connectivity index (χ4v) is 6.54. The van der Waals surface area contributed by atoms with Crippen LogP contribution in [0.2, 0.25) is 0 Å².